The molecule has 6 nitrogen and oxygen atoms in total. The molecule has 3 unspecified atom stereocenters. The largest absolute Gasteiger partial charge is 0.462 e. The molecule has 66 heavy (non-hydrogen) atoms. The van der Waals surface area contributed by atoms with Crippen LogP contribution in [0.4, 0.5) is 0 Å². The summed E-state index contributed by atoms with van der Waals surface area (Å²) in [7, 11) is 0. The number of unbranched alkanes of at least 4 members (excludes halogenated alkanes) is 32. The van der Waals surface area contributed by atoms with E-state index in [1.54, 1.807) is 0 Å². The van der Waals surface area contributed by atoms with Crippen molar-refractivity contribution in [3.8, 4) is 0 Å². The molecule has 3 N–H and O–H groups in total. The molecule has 0 bridgehead atoms. The van der Waals surface area contributed by atoms with Crippen LogP contribution in [0.3, 0.4) is 0 Å². The Balaban J connectivity index is 4.60. The van der Waals surface area contributed by atoms with Crippen LogP contribution in [0, 0.1) is 0 Å². The minimum absolute atomic E-state index is 0.0647. The summed E-state index contributed by atoms with van der Waals surface area (Å²) in [6, 6.07) is -0.710. The van der Waals surface area contributed by atoms with Crippen molar-refractivity contribution in [1.29, 1.82) is 0 Å². The van der Waals surface area contributed by atoms with Gasteiger partial charge in [0.2, 0.25) is 5.91 Å². The van der Waals surface area contributed by atoms with Crippen molar-refractivity contribution >= 4 is 11.9 Å². The lowest BCUT2D eigenvalue weighted by molar-refractivity contribution is -0.151. The summed E-state index contributed by atoms with van der Waals surface area (Å²) in [5, 5.41) is 23.9. The minimum atomic E-state index is -0.795. The molecule has 0 aromatic rings. The average molecular weight is 925 g/mol. The summed E-state index contributed by atoms with van der Waals surface area (Å²) in [5.41, 5.74) is 0. The number of esters is 1. The molecule has 0 spiro atoms. The molecule has 0 saturated heterocycles. The minimum Gasteiger partial charge on any atom is -0.462 e. The lowest BCUT2D eigenvalue weighted by Gasteiger charge is -2.24. The molecule has 0 aliphatic carbocycles. The maximum Gasteiger partial charge on any atom is 0.306 e. The second-order valence-electron chi connectivity index (χ2n) is 19.4. The predicted molar refractivity (Wildman–Crippen MR) is 287 cm³/mol. The fourth-order valence-corrected chi connectivity index (χ4v) is 8.61. The van der Waals surface area contributed by atoms with Crippen molar-refractivity contribution in [2.45, 2.75) is 302 Å². The van der Waals surface area contributed by atoms with Crippen LogP contribution in [0.5, 0.6) is 0 Å². The van der Waals surface area contributed by atoms with Crippen LogP contribution in [-0.4, -0.2) is 46.9 Å². The first-order valence-corrected chi connectivity index (χ1v) is 28.6. The van der Waals surface area contributed by atoms with Gasteiger partial charge in [0, 0.05) is 6.42 Å². The van der Waals surface area contributed by atoms with Crippen molar-refractivity contribution < 1.29 is 24.5 Å². The first-order valence-electron chi connectivity index (χ1n) is 28.6. The van der Waals surface area contributed by atoms with Crippen molar-refractivity contribution in [3.05, 3.63) is 60.8 Å². The summed E-state index contributed by atoms with van der Waals surface area (Å²) >= 11 is 0. The summed E-state index contributed by atoms with van der Waals surface area (Å²) in [4.78, 5) is 26.3. The van der Waals surface area contributed by atoms with Crippen molar-refractivity contribution in [1.82, 2.24) is 5.32 Å². The quantitative estimate of drug-likeness (QED) is 0.0244. The van der Waals surface area contributed by atoms with Gasteiger partial charge in [-0.3, -0.25) is 9.59 Å². The Morgan fingerprint density at radius 1 is 0.455 bits per heavy atom. The molecule has 6 heteroatoms. The maximum atomic E-state index is 13.3. The number of aliphatic hydroxyl groups is 2. The molecule has 3 atom stereocenters. The second kappa shape index (κ2) is 53.5. The van der Waals surface area contributed by atoms with E-state index in [4.69, 9.17) is 4.74 Å². The molecule has 0 aromatic carbocycles. The highest BCUT2D eigenvalue weighted by Gasteiger charge is 2.24. The first kappa shape index (κ1) is 63.6. The van der Waals surface area contributed by atoms with Gasteiger partial charge in [0.25, 0.3) is 0 Å². The van der Waals surface area contributed by atoms with Gasteiger partial charge >= 0.3 is 5.97 Å². The Bertz CT molecular complexity index is 1170. The molecule has 0 aliphatic rings. The molecular formula is C60H109NO5. The van der Waals surface area contributed by atoms with Gasteiger partial charge in [-0.2, -0.15) is 0 Å². The molecule has 1 amide bonds. The third kappa shape index (κ3) is 48.0. The third-order valence-electron chi connectivity index (χ3n) is 12.9. The molecular weight excluding hydrogens is 815 g/mol. The molecule has 0 rings (SSSR count). The van der Waals surface area contributed by atoms with Gasteiger partial charge in [0.15, 0.2) is 0 Å². The SMILES string of the molecule is CC/C=C/C=C/C=C/C=C\CCCCCCCC(=O)OC(CCCCCCCCC/C=C/CCCCCCCC)CC(=O)NC(CO)C(O)CCCCCCCCCCCCCCCCC. The van der Waals surface area contributed by atoms with Gasteiger partial charge in [-0.1, -0.05) is 261 Å². The number of ether oxygens (including phenoxy) is 1. The number of allylic oxidation sites excluding steroid dienone is 10. The highest BCUT2D eigenvalue weighted by molar-refractivity contribution is 5.77. The molecule has 0 saturated carbocycles. The molecule has 0 aliphatic heterocycles. The van der Waals surface area contributed by atoms with Crippen LogP contribution in [0.1, 0.15) is 284 Å². The van der Waals surface area contributed by atoms with E-state index in [2.05, 4.69) is 68.6 Å². The molecule has 0 fully saturated rings. The van der Waals surface area contributed by atoms with Crippen molar-refractivity contribution in [2.24, 2.45) is 0 Å². The highest BCUT2D eigenvalue weighted by atomic mass is 16.5. The number of carbonyl (C=O) groups excluding carboxylic acids is 2. The predicted octanol–water partition coefficient (Wildman–Crippen LogP) is 17.6. The normalized spacial score (nSPS) is 13.6. The first-order chi connectivity index (χ1) is 32.5. The standard InChI is InChI=1S/C60H109NO5/c1-4-7-10-13-16-19-22-25-28-29-32-33-36-39-42-45-48-51-56(66-60(65)53-50-47-44-41-38-35-31-27-24-21-18-15-12-9-6-3)54-59(64)61-57(55-62)58(63)52-49-46-43-40-37-34-30-26-23-20-17-14-11-8-5-2/h9,12,15,18,21,24-25,27-28,31,56-58,62-63H,4-8,10-11,13-14,16-17,19-20,22-23,26,29-30,32-55H2,1-3H3,(H,61,64)/b12-9+,18-15+,24-21+,28-25+,31-27-. The zero-order chi connectivity index (χ0) is 48.1. The van der Waals surface area contributed by atoms with Crippen molar-refractivity contribution in [2.75, 3.05) is 6.61 Å². The van der Waals surface area contributed by atoms with E-state index in [9.17, 15) is 19.8 Å². The van der Waals surface area contributed by atoms with Crippen LogP contribution in [-0.2, 0) is 14.3 Å². The summed E-state index contributed by atoms with van der Waals surface area (Å²) in [6.07, 6.45) is 67.1. The third-order valence-corrected chi connectivity index (χ3v) is 12.9. The fraction of sp³-hybridized carbons (Fsp3) is 0.800. The van der Waals surface area contributed by atoms with E-state index in [1.165, 1.54) is 154 Å². The Labute approximate surface area is 409 Å². The van der Waals surface area contributed by atoms with Crippen LogP contribution in [0.15, 0.2) is 60.8 Å². The zero-order valence-corrected chi connectivity index (χ0v) is 43.8. The topological polar surface area (TPSA) is 95.9 Å². The van der Waals surface area contributed by atoms with E-state index in [0.717, 1.165) is 83.5 Å². The van der Waals surface area contributed by atoms with Gasteiger partial charge in [0.1, 0.15) is 6.10 Å². The van der Waals surface area contributed by atoms with Gasteiger partial charge in [-0.15, -0.1) is 0 Å². The second-order valence-corrected chi connectivity index (χ2v) is 19.4. The average Bonchev–Trinajstić information content (AvgIpc) is 3.31. The van der Waals surface area contributed by atoms with E-state index in [0.29, 0.717) is 19.3 Å². The molecule has 0 heterocycles. The van der Waals surface area contributed by atoms with E-state index >= 15 is 0 Å². The molecule has 0 radical (unpaired) electrons. The van der Waals surface area contributed by atoms with Crippen LogP contribution >= 0.6 is 0 Å². The number of hydrogen-bond donors (Lipinski definition) is 3. The van der Waals surface area contributed by atoms with Crippen LogP contribution in [0.25, 0.3) is 0 Å². The lowest BCUT2D eigenvalue weighted by Crippen LogP contribution is -2.46. The fourth-order valence-electron chi connectivity index (χ4n) is 8.61. The van der Waals surface area contributed by atoms with Gasteiger partial charge in [0.05, 0.1) is 25.2 Å². The molecule has 0 aromatic heterocycles. The number of nitrogens with one attached hydrogen (secondary N) is 1. The Morgan fingerprint density at radius 2 is 0.833 bits per heavy atom. The van der Waals surface area contributed by atoms with E-state index in [1.807, 2.05) is 18.2 Å². The number of amides is 1. The highest BCUT2D eigenvalue weighted by Crippen LogP contribution is 2.18. The molecule has 384 valence electrons. The number of carbonyl (C=O) groups is 2. The van der Waals surface area contributed by atoms with Gasteiger partial charge < -0.3 is 20.3 Å². The monoisotopic (exact) mass is 924 g/mol. The smallest absolute Gasteiger partial charge is 0.306 e. The van der Waals surface area contributed by atoms with Crippen LogP contribution in [0.2, 0.25) is 0 Å². The maximum absolute atomic E-state index is 13.3. The van der Waals surface area contributed by atoms with Crippen LogP contribution < -0.4 is 5.32 Å². The zero-order valence-electron chi connectivity index (χ0n) is 43.8. The summed E-state index contributed by atoms with van der Waals surface area (Å²) in [6.45, 7) is 6.36. The van der Waals surface area contributed by atoms with Gasteiger partial charge in [-0.05, 0) is 70.6 Å². The Morgan fingerprint density at radius 3 is 1.29 bits per heavy atom. The summed E-state index contributed by atoms with van der Waals surface area (Å²) in [5.74, 6) is -0.497. The lowest BCUT2D eigenvalue weighted by atomic mass is 10.0. The van der Waals surface area contributed by atoms with Crippen molar-refractivity contribution in [3.63, 3.8) is 0 Å². The Hall–Kier alpha value is -2.44. The Kier molecular flexibility index (Phi) is 51.5. The number of hydrogen-bond acceptors (Lipinski definition) is 5. The van der Waals surface area contributed by atoms with E-state index in [-0.39, 0.29) is 24.9 Å². The number of rotatable bonds is 51. The van der Waals surface area contributed by atoms with Gasteiger partial charge in [-0.25, -0.2) is 0 Å². The summed E-state index contributed by atoms with van der Waals surface area (Å²) < 4.78 is 5.95. The van der Waals surface area contributed by atoms with E-state index < -0.39 is 18.2 Å². The number of aliphatic hydroxyl groups excluding tert-OH is 2.